The quantitative estimate of drug-likeness (QED) is 0.592. The Morgan fingerprint density at radius 1 is 0.963 bits per heavy atom. The van der Waals surface area contributed by atoms with Crippen molar-refractivity contribution in [2.45, 2.75) is 0 Å². The molecule has 140 valence electrons. The summed E-state index contributed by atoms with van der Waals surface area (Å²) in [6.45, 7) is 0. The molecule has 0 bridgehead atoms. The van der Waals surface area contributed by atoms with E-state index in [1.54, 1.807) is 12.1 Å². The van der Waals surface area contributed by atoms with Gasteiger partial charge in [-0.25, -0.2) is 18.6 Å². The van der Waals surface area contributed by atoms with Gasteiger partial charge in [-0.15, -0.1) is 0 Å². The van der Waals surface area contributed by atoms with Gasteiger partial charge >= 0.3 is 5.97 Å². The highest BCUT2D eigenvalue weighted by atomic mass is 19.2. The van der Waals surface area contributed by atoms with E-state index in [4.69, 9.17) is 18.9 Å². The number of methoxy groups -OCH3 is 3. The minimum Gasteiger partial charge on any atom is -0.493 e. The molecule has 2 aromatic rings. The fraction of sp³-hybridized carbons (Fsp3) is 0.158. The van der Waals surface area contributed by atoms with Gasteiger partial charge in [0.15, 0.2) is 28.8 Å². The van der Waals surface area contributed by atoms with Gasteiger partial charge in [-0.2, -0.15) is 0 Å². The summed E-state index contributed by atoms with van der Waals surface area (Å²) in [5, 5.41) is 0. The van der Waals surface area contributed by atoms with Gasteiger partial charge in [-0.3, -0.25) is 0 Å². The molecule has 1 aliphatic heterocycles. The third-order valence-corrected chi connectivity index (χ3v) is 3.78. The van der Waals surface area contributed by atoms with Crippen LogP contribution in [0.25, 0.3) is 6.08 Å². The largest absolute Gasteiger partial charge is 0.493 e. The van der Waals surface area contributed by atoms with Crippen molar-refractivity contribution in [3.8, 4) is 17.2 Å². The maximum absolute atomic E-state index is 13.3. The third kappa shape index (κ3) is 3.59. The van der Waals surface area contributed by atoms with Crippen molar-refractivity contribution in [2.75, 3.05) is 21.3 Å². The first-order chi connectivity index (χ1) is 13.0. The zero-order valence-corrected chi connectivity index (χ0v) is 14.7. The lowest BCUT2D eigenvalue weighted by atomic mass is 10.1. The summed E-state index contributed by atoms with van der Waals surface area (Å²) >= 11 is 0. The molecule has 1 aliphatic rings. The van der Waals surface area contributed by atoms with Gasteiger partial charge in [0, 0.05) is 5.56 Å². The molecule has 0 fully saturated rings. The molecular formula is C19H15F2NO5. The Hall–Kier alpha value is -3.42. The normalized spacial score (nSPS) is 14.8. The number of cyclic esters (lactones) is 1. The van der Waals surface area contributed by atoms with Crippen molar-refractivity contribution in [3.05, 3.63) is 58.8 Å². The zero-order chi connectivity index (χ0) is 19.6. The van der Waals surface area contributed by atoms with Crippen LogP contribution in [0.5, 0.6) is 17.2 Å². The highest BCUT2D eigenvalue weighted by Crippen LogP contribution is 2.39. The second kappa shape index (κ2) is 7.45. The van der Waals surface area contributed by atoms with E-state index in [-0.39, 0.29) is 17.2 Å². The first kappa shape index (κ1) is 18.4. The van der Waals surface area contributed by atoms with Crippen LogP contribution in [0.15, 0.2) is 41.0 Å². The van der Waals surface area contributed by atoms with Crippen molar-refractivity contribution < 1.29 is 32.5 Å². The molecule has 0 aliphatic carbocycles. The number of halogens is 2. The number of ether oxygens (including phenoxy) is 4. The average molecular weight is 375 g/mol. The highest BCUT2D eigenvalue weighted by molar-refractivity contribution is 6.13. The van der Waals surface area contributed by atoms with Crippen molar-refractivity contribution in [1.82, 2.24) is 0 Å². The molecule has 0 spiro atoms. The molecule has 0 amide bonds. The van der Waals surface area contributed by atoms with Gasteiger partial charge in [0.2, 0.25) is 11.6 Å². The van der Waals surface area contributed by atoms with Crippen LogP contribution in [0.4, 0.5) is 8.78 Å². The Morgan fingerprint density at radius 2 is 1.63 bits per heavy atom. The van der Waals surface area contributed by atoms with Crippen LogP contribution in [0.3, 0.4) is 0 Å². The first-order valence-electron chi connectivity index (χ1n) is 7.74. The number of aliphatic imine (C=N–C) groups is 1. The Morgan fingerprint density at radius 3 is 2.19 bits per heavy atom. The van der Waals surface area contributed by atoms with E-state index in [0.29, 0.717) is 22.8 Å². The predicted molar refractivity (Wildman–Crippen MR) is 93.1 cm³/mol. The van der Waals surface area contributed by atoms with E-state index in [9.17, 15) is 13.6 Å². The van der Waals surface area contributed by atoms with Crippen molar-refractivity contribution in [3.63, 3.8) is 0 Å². The number of esters is 1. The lowest BCUT2D eigenvalue weighted by molar-refractivity contribution is -0.129. The van der Waals surface area contributed by atoms with Crippen LogP contribution in [0.2, 0.25) is 0 Å². The van der Waals surface area contributed by atoms with E-state index in [1.165, 1.54) is 33.5 Å². The highest BCUT2D eigenvalue weighted by Gasteiger charge is 2.26. The number of carbonyl (C=O) groups is 1. The van der Waals surface area contributed by atoms with E-state index in [1.807, 2.05) is 0 Å². The fourth-order valence-corrected chi connectivity index (χ4v) is 2.50. The molecule has 1 heterocycles. The van der Waals surface area contributed by atoms with Crippen LogP contribution in [-0.2, 0) is 9.53 Å². The zero-order valence-electron chi connectivity index (χ0n) is 14.7. The third-order valence-electron chi connectivity index (χ3n) is 3.78. The van der Waals surface area contributed by atoms with Crippen LogP contribution in [-0.4, -0.2) is 33.2 Å². The van der Waals surface area contributed by atoms with Gasteiger partial charge in [-0.05, 0) is 35.9 Å². The molecule has 0 saturated carbocycles. The van der Waals surface area contributed by atoms with Crippen LogP contribution >= 0.6 is 0 Å². The lowest BCUT2D eigenvalue weighted by Crippen LogP contribution is -2.06. The summed E-state index contributed by atoms with van der Waals surface area (Å²) in [4.78, 5) is 16.2. The predicted octanol–water partition coefficient (Wildman–Crippen LogP) is 3.34. The van der Waals surface area contributed by atoms with Crippen LogP contribution in [0.1, 0.15) is 11.1 Å². The Balaban J connectivity index is 2.01. The SMILES string of the molecule is COc1cc(C2=NC(=Cc3ccc(F)c(F)c3)C(=O)O2)cc(OC)c1OC. The molecule has 2 aromatic carbocycles. The molecule has 0 atom stereocenters. The van der Waals surface area contributed by atoms with Crippen LogP contribution in [0, 0.1) is 11.6 Å². The molecule has 27 heavy (non-hydrogen) atoms. The summed E-state index contributed by atoms with van der Waals surface area (Å²) in [7, 11) is 4.38. The monoisotopic (exact) mass is 375 g/mol. The van der Waals surface area contributed by atoms with Crippen LogP contribution < -0.4 is 14.2 Å². The van der Waals surface area contributed by atoms with E-state index in [2.05, 4.69) is 4.99 Å². The van der Waals surface area contributed by atoms with Gasteiger partial charge in [0.05, 0.1) is 21.3 Å². The number of nitrogens with zero attached hydrogens (tertiary/aromatic N) is 1. The van der Waals surface area contributed by atoms with E-state index >= 15 is 0 Å². The molecule has 0 radical (unpaired) electrons. The minimum absolute atomic E-state index is 0.0214. The number of hydrogen-bond donors (Lipinski definition) is 0. The smallest absolute Gasteiger partial charge is 0.363 e. The maximum Gasteiger partial charge on any atom is 0.363 e. The number of carbonyl (C=O) groups excluding carboxylic acids is 1. The minimum atomic E-state index is -1.02. The fourth-order valence-electron chi connectivity index (χ4n) is 2.50. The maximum atomic E-state index is 13.3. The Bertz CT molecular complexity index is 944. The van der Waals surface area contributed by atoms with Gasteiger partial charge in [0.1, 0.15) is 0 Å². The Kier molecular flexibility index (Phi) is 5.07. The molecule has 3 rings (SSSR count). The van der Waals surface area contributed by atoms with Gasteiger partial charge < -0.3 is 18.9 Å². The van der Waals surface area contributed by atoms with Crippen molar-refractivity contribution in [2.24, 2.45) is 4.99 Å². The number of hydrogen-bond acceptors (Lipinski definition) is 6. The molecule has 0 unspecified atom stereocenters. The summed E-state index contributed by atoms with van der Waals surface area (Å²) in [5.41, 5.74) is 0.645. The number of benzene rings is 2. The first-order valence-corrected chi connectivity index (χ1v) is 7.74. The molecule has 0 saturated heterocycles. The second-order valence-electron chi connectivity index (χ2n) is 5.42. The summed E-state index contributed by atoms with van der Waals surface area (Å²) in [6.07, 6.45) is 1.30. The number of rotatable bonds is 5. The molecule has 0 N–H and O–H groups in total. The van der Waals surface area contributed by atoms with Crippen molar-refractivity contribution >= 4 is 17.9 Å². The summed E-state index contributed by atoms with van der Waals surface area (Å²) in [5.74, 6) is -1.59. The summed E-state index contributed by atoms with van der Waals surface area (Å²) < 4.78 is 47.3. The average Bonchev–Trinajstić information content (AvgIpc) is 3.03. The van der Waals surface area contributed by atoms with Gasteiger partial charge in [-0.1, -0.05) is 6.07 Å². The Labute approximate surface area is 153 Å². The second-order valence-corrected chi connectivity index (χ2v) is 5.42. The van der Waals surface area contributed by atoms with Crippen molar-refractivity contribution in [1.29, 1.82) is 0 Å². The topological polar surface area (TPSA) is 66.4 Å². The summed E-state index contributed by atoms with van der Waals surface area (Å²) in [6, 6.07) is 6.40. The molecular weight excluding hydrogens is 360 g/mol. The molecule has 8 heteroatoms. The van der Waals surface area contributed by atoms with E-state index < -0.39 is 17.6 Å². The molecule has 6 nitrogen and oxygen atoms in total. The standard InChI is InChI=1S/C19H15F2NO5/c1-24-15-8-11(9-16(25-2)17(15)26-3)18-22-14(19(23)27-18)7-10-4-5-12(20)13(21)6-10/h4-9H,1-3H3. The van der Waals surface area contributed by atoms with Gasteiger partial charge in [0.25, 0.3) is 0 Å². The molecule has 0 aromatic heterocycles. The lowest BCUT2D eigenvalue weighted by Gasteiger charge is -2.13. The van der Waals surface area contributed by atoms with E-state index in [0.717, 1.165) is 12.1 Å².